The molecule has 0 saturated heterocycles. The molecule has 2 aromatic rings. The second-order valence-electron chi connectivity index (χ2n) is 5.74. The van der Waals surface area contributed by atoms with Gasteiger partial charge in [-0.2, -0.15) is 5.10 Å². The first-order chi connectivity index (χ1) is 12.6. The second-order valence-corrected chi connectivity index (χ2v) is 5.74. The van der Waals surface area contributed by atoms with Gasteiger partial charge in [0.1, 0.15) is 24.5 Å². The number of aromatic nitrogens is 3. The van der Waals surface area contributed by atoms with Crippen LogP contribution in [-0.4, -0.2) is 47.6 Å². The predicted octanol–water partition coefficient (Wildman–Crippen LogP) is 2.02. The van der Waals surface area contributed by atoms with Crippen molar-refractivity contribution in [3.05, 3.63) is 41.5 Å². The van der Waals surface area contributed by atoms with Gasteiger partial charge in [0, 0.05) is 32.8 Å². The Hall–Kier alpha value is -1.88. The summed E-state index contributed by atoms with van der Waals surface area (Å²) in [4.78, 5) is 8.43. The monoisotopic (exact) mass is 488 g/mol. The van der Waals surface area contributed by atoms with Crippen molar-refractivity contribution in [3.8, 4) is 5.75 Å². The number of aryl methyl sites for hydroxylation is 2. The largest absolute Gasteiger partial charge is 0.491 e. The van der Waals surface area contributed by atoms with E-state index in [2.05, 4.69) is 37.8 Å². The van der Waals surface area contributed by atoms with Crippen molar-refractivity contribution in [3.63, 3.8) is 0 Å². The van der Waals surface area contributed by atoms with Crippen LogP contribution in [0.25, 0.3) is 0 Å². The number of nitrogens with one attached hydrogen (secondary N) is 2. The van der Waals surface area contributed by atoms with Crippen LogP contribution in [0.2, 0.25) is 0 Å². The van der Waals surface area contributed by atoms with Gasteiger partial charge in [-0.15, -0.1) is 24.0 Å². The SMILES string of the molecule is CCOCCOc1cc(C)ccc1CNC(=NC)NCc1ncnn1C.I. The molecule has 2 N–H and O–H groups in total. The summed E-state index contributed by atoms with van der Waals surface area (Å²) < 4.78 is 12.9. The van der Waals surface area contributed by atoms with Crippen LogP contribution < -0.4 is 15.4 Å². The summed E-state index contributed by atoms with van der Waals surface area (Å²) >= 11 is 0. The summed E-state index contributed by atoms with van der Waals surface area (Å²) in [6, 6.07) is 6.18. The van der Waals surface area contributed by atoms with Crippen molar-refractivity contribution in [2.75, 3.05) is 26.9 Å². The first-order valence-electron chi connectivity index (χ1n) is 8.71. The lowest BCUT2D eigenvalue weighted by atomic mass is 10.1. The van der Waals surface area contributed by atoms with Gasteiger partial charge in [-0.3, -0.25) is 9.67 Å². The Morgan fingerprint density at radius 2 is 2.00 bits per heavy atom. The molecular formula is C18H29IN6O2. The van der Waals surface area contributed by atoms with E-state index in [1.165, 1.54) is 6.33 Å². The van der Waals surface area contributed by atoms with E-state index in [0.717, 1.165) is 22.7 Å². The minimum Gasteiger partial charge on any atom is -0.491 e. The fourth-order valence-corrected chi connectivity index (χ4v) is 2.34. The van der Waals surface area contributed by atoms with Crippen molar-refractivity contribution < 1.29 is 9.47 Å². The lowest BCUT2D eigenvalue weighted by Gasteiger charge is -2.15. The molecule has 1 heterocycles. The van der Waals surface area contributed by atoms with Gasteiger partial charge in [0.25, 0.3) is 0 Å². The molecule has 1 aromatic heterocycles. The Kier molecular flexibility index (Phi) is 10.7. The normalized spacial score (nSPS) is 11.0. The molecule has 27 heavy (non-hydrogen) atoms. The highest BCUT2D eigenvalue weighted by molar-refractivity contribution is 14.0. The highest BCUT2D eigenvalue weighted by atomic mass is 127. The Labute approximate surface area is 177 Å². The fraction of sp³-hybridized carbons (Fsp3) is 0.500. The quantitative estimate of drug-likeness (QED) is 0.243. The van der Waals surface area contributed by atoms with Gasteiger partial charge < -0.3 is 20.1 Å². The summed E-state index contributed by atoms with van der Waals surface area (Å²) in [5.41, 5.74) is 2.22. The van der Waals surface area contributed by atoms with Gasteiger partial charge in [-0.1, -0.05) is 12.1 Å². The van der Waals surface area contributed by atoms with Crippen molar-refractivity contribution in [2.24, 2.45) is 12.0 Å². The molecule has 0 radical (unpaired) electrons. The standard InChI is InChI=1S/C18H28N6O2.HI/c1-5-25-8-9-26-16-10-14(2)6-7-15(16)11-20-18(19-3)21-12-17-22-13-23-24(17)4;/h6-7,10,13H,5,8-9,11-12H2,1-4H3,(H2,19,20,21);1H. The lowest BCUT2D eigenvalue weighted by Crippen LogP contribution is -2.37. The summed E-state index contributed by atoms with van der Waals surface area (Å²) in [5, 5.41) is 10.6. The van der Waals surface area contributed by atoms with Crippen LogP contribution in [0.15, 0.2) is 29.5 Å². The van der Waals surface area contributed by atoms with Crippen molar-refractivity contribution in [2.45, 2.75) is 26.9 Å². The van der Waals surface area contributed by atoms with Crippen molar-refractivity contribution >= 4 is 29.9 Å². The van der Waals surface area contributed by atoms with E-state index in [4.69, 9.17) is 9.47 Å². The summed E-state index contributed by atoms with van der Waals surface area (Å²) in [6.45, 7) is 6.97. The van der Waals surface area contributed by atoms with Crippen LogP contribution in [0.3, 0.4) is 0 Å². The zero-order valence-corrected chi connectivity index (χ0v) is 18.7. The van der Waals surface area contributed by atoms with Crippen LogP contribution in [0.1, 0.15) is 23.9 Å². The van der Waals surface area contributed by atoms with E-state index in [1.54, 1.807) is 11.7 Å². The molecule has 2 rings (SSSR count). The molecule has 150 valence electrons. The number of hydrogen-bond donors (Lipinski definition) is 2. The maximum atomic E-state index is 5.87. The minimum absolute atomic E-state index is 0. The Bertz CT molecular complexity index is 720. The summed E-state index contributed by atoms with van der Waals surface area (Å²) in [7, 11) is 3.60. The number of benzene rings is 1. The Morgan fingerprint density at radius 1 is 1.22 bits per heavy atom. The number of aliphatic imine (C=N–C) groups is 1. The van der Waals surface area contributed by atoms with Gasteiger partial charge in [0.2, 0.25) is 0 Å². The van der Waals surface area contributed by atoms with Gasteiger partial charge in [0.05, 0.1) is 13.2 Å². The van der Waals surface area contributed by atoms with Gasteiger partial charge >= 0.3 is 0 Å². The third kappa shape index (κ3) is 7.71. The molecule has 0 unspecified atom stereocenters. The molecule has 0 fully saturated rings. The summed E-state index contributed by atoms with van der Waals surface area (Å²) in [6.07, 6.45) is 1.53. The number of guanidine groups is 1. The zero-order valence-electron chi connectivity index (χ0n) is 16.4. The van der Waals surface area contributed by atoms with Gasteiger partial charge in [-0.25, -0.2) is 4.98 Å². The van der Waals surface area contributed by atoms with Crippen LogP contribution in [0.4, 0.5) is 0 Å². The van der Waals surface area contributed by atoms with E-state index >= 15 is 0 Å². The molecular weight excluding hydrogens is 459 g/mol. The number of halogens is 1. The van der Waals surface area contributed by atoms with Crippen molar-refractivity contribution in [1.29, 1.82) is 0 Å². The molecule has 0 aliphatic rings. The maximum absolute atomic E-state index is 5.87. The van der Waals surface area contributed by atoms with Gasteiger partial charge in [0.15, 0.2) is 5.96 Å². The van der Waals surface area contributed by atoms with E-state index in [0.29, 0.717) is 38.9 Å². The number of hydrogen-bond acceptors (Lipinski definition) is 5. The fourth-order valence-electron chi connectivity index (χ4n) is 2.34. The average Bonchev–Trinajstić information content (AvgIpc) is 3.05. The minimum atomic E-state index is 0. The molecule has 0 amide bonds. The van der Waals surface area contributed by atoms with E-state index in [9.17, 15) is 0 Å². The topological polar surface area (TPSA) is 85.6 Å². The Morgan fingerprint density at radius 3 is 2.67 bits per heavy atom. The van der Waals surface area contributed by atoms with E-state index in [-0.39, 0.29) is 24.0 Å². The van der Waals surface area contributed by atoms with Gasteiger partial charge in [-0.05, 0) is 25.5 Å². The second kappa shape index (κ2) is 12.5. The molecule has 0 spiro atoms. The highest BCUT2D eigenvalue weighted by Gasteiger charge is 2.07. The van der Waals surface area contributed by atoms with E-state index < -0.39 is 0 Å². The molecule has 0 bridgehead atoms. The number of ether oxygens (including phenoxy) is 2. The Balaban J connectivity index is 0.00000364. The first-order valence-corrected chi connectivity index (χ1v) is 8.71. The smallest absolute Gasteiger partial charge is 0.191 e. The highest BCUT2D eigenvalue weighted by Crippen LogP contribution is 2.20. The van der Waals surface area contributed by atoms with Crippen LogP contribution in [0.5, 0.6) is 5.75 Å². The van der Waals surface area contributed by atoms with Crippen LogP contribution >= 0.6 is 24.0 Å². The van der Waals surface area contributed by atoms with Crippen molar-refractivity contribution in [1.82, 2.24) is 25.4 Å². The molecule has 0 aliphatic heterocycles. The first kappa shape index (κ1) is 23.2. The molecule has 0 saturated carbocycles. The summed E-state index contributed by atoms with van der Waals surface area (Å²) in [5.74, 6) is 2.39. The molecule has 0 aliphatic carbocycles. The third-order valence-electron chi connectivity index (χ3n) is 3.80. The number of nitrogens with zero attached hydrogens (tertiary/aromatic N) is 4. The average molecular weight is 488 g/mol. The maximum Gasteiger partial charge on any atom is 0.191 e. The number of rotatable bonds is 9. The van der Waals surface area contributed by atoms with E-state index in [1.807, 2.05) is 27.0 Å². The molecule has 8 nitrogen and oxygen atoms in total. The van der Waals surface area contributed by atoms with Crippen LogP contribution in [-0.2, 0) is 24.9 Å². The molecule has 9 heteroatoms. The molecule has 1 aromatic carbocycles. The third-order valence-corrected chi connectivity index (χ3v) is 3.80. The lowest BCUT2D eigenvalue weighted by molar-refractivity contribution is 0.110. The zero-order chi connectivity index (χ0) is 18.8. The van der Waals surface area contributed by atoms with Crippen LogP contribution in [0, 0.1) is 6.92 Å². The predicted molar refractivity (Wildman–Crippen MR) is 117 cm³/mol. The molecule has 0 atom stereocenters.